The second-order valence-electron chi connectivity index (χ2n) is 8.75. The molecule has 0 aliphatic carbocycles. The number of piperidine rings is 1. The number of hydrogen-bond donors (Lipinski definition) is 0. The van der Waals surface area contributed by atoms with Gasteiger partial charge in [0.2, 0.25) is 0 Å². The molecular formula is C26H26F4N2O2S. The molecule has 0 unspecified atom stereocenters. The van der Waals surface area contributed by atoms with Crippen molar-refractivity contribution in [3.05, 3.63) is 95.3 Å². The maximum atomic E-state index is 13.8. The molecule has 1 fully saturated rings. The summed E-state index contributed by atoms with van der Waals surface area (Å²) in [6.45, 7) is 3.11. The number of hydrogen-bond acceptors (Lipinski definition) is 3. The number of alkyl halides is 3. The lowest BCUT2D eigenvalue weighted by molar-refractivity contribution is -0.137. The van der Waals surface area contributed by atoms with Crippen molar-refractivity contribution in [1.29, 1.82) is 0 Å². The van der Waals surface area contributed by atoms with Crippen molar-refractivity contribution < 1.29 is 26.0 Å². The Morgan fingerprint density at radius 1 is 0.943 bits per heavy atom. The molecule has 9 heteroatoms. The van der Waals surface area contributed by atoms with Gasteiger partial charge in [-0.25, -0.2) is 12.8 Å². The predicted octanol–water partition coefficient (Wildman–Crippen LogP) is 6.01. The highest BCUT2D eigenvalue weighted by molar-refractivity contribution is 7.93. The third-order valence-corrected chi connectivity index (χ3v) is 8.30. The van der Waals surface area contributed by atoms with E-state index in [2.05, 4.69) is 0 Å². The Balaban J connectivity index is 1.56. The number of nitrogens with zero attached hydrogens (tertiary/aromatic N) is 2. The monoisotopic (exact) mass is 506 g/mol. The first kappa shape index (κ1) is 25.2. The first-order valence-corrected chi connectivity index (χ1v) is 12.7. The van der Waals surface area contributed by atoms with Crippen LogP contribution in [0.2, 0.25) is 0 Å². The van der Waals surface area contributed by atoms with Crippen LogP contribution >= 0.6 is 0 Å². The lowest BCUT2D eigenvalue weighted by Crippen LogP contribution is -2.47. The van der Waals surface area contributed by atoms with Gasteiger partial charge in [0.1, 0.15) is 5.82 Å². The van der Waals surface area contributed by atoms with Crippen molar-refractivity contribution in [2.45, 2.75) is 43.4 Å². The van der Waals surface area contributed by atoms with Crippen LogP contribution in [0.15, 0.2) is 77.7 Å². The molecule has 4 rings (SSSR count). The Labute approximate surface area is 202 Å². The van der Waals surface area contributed by atoms with E-state index < -0.39 is 27.6 Å². The largest absolute Gasteiger partial charge is 0.416 e. The predicted molar refractivity (Wildman–Crippen MR) is 127 cm³/mol. The van der Waals surface area contributed by atoms with Crippen LogP contribution in [0.1, 0.15) is 29.5 Å². The average Bonchev–Trinajstić information content (AvgIpc) is 2.81. The van der Waals surface area contributed by atoms with Crippen molar-refractivity contribution in [3.63, 3.8) is 0 Å². The van der Waals surface area contributed by atoms with Crippen LogP contribution in [-0.4, -0.2) is 32.4 Å². The minimum Gasteiger partial charge on any atom is -0.299 e. The van der Waals surface area contributed by atoms with Gasteiger partial charge in [0.25, 0.3) is 10.0 Å². The standard InChI is InChI=1S/C26H26F4N2O2S/c1-19-5-2-3-8-25(19)35(33,34)32(23-11-9-22(27)10-12-23)24-13-15-31(16-14-24)18-20-6-4-7-21(17-20)26(28,29)30/h2-12,17,24H,13-16,18H2,1H3. The van der Waals surface area contributed by atoms with E-state index in [-0.39, 0.29) is 10.9 Å². The van der Waals surface area contributed by atoms with Gasteiger partial charge in [-0.3, -0.25) is 9.21 Å². The third kappa shape index (κ3) is 5.67. The molecule has 0 aromatic heterocycles. The van der Waals surface area contributed by atoms with E-state index in [0.29, 0.717) is 49.3 Å². The van der Waals surface area contributed by atoms with Gasteiger partial charge in [0.05, 0.1) is 16.1 Å². The van der Waals surface area contributed by atoms with E-state index in [4.69, 9.17) is 0 Å². The van der Waals surface area contributed by atoms with Gasteiger partial charge >= 0.3 is 6.18 Å². The fourth-order valence-electron chi connectivity index (χ4n) is 4.50. The molecule has 0 radical (unpaired) electrons. The Morgan fingerprint density at radius 2 is 1.60 bits per heavy atom. The second-order valence-corrected chi connectivity index (χ2v) is 10.5. The Hall–Kier alpha value is -2.91. The van der Waals surface area contributed by atoms with E-state index in [1.54, 1.807) is 37.3 Å². The molecule has 1 heterocycles. The van der Waals surface area contributed by atoms with Crippen molar-refractivity contribution in [2.24, 2.45) is 0 Å². The Kier molecular flexibility index (Phi) is 7.19. The van der Waals surface area contributed by atoms with E-state index in [0.717, 1.165) is 12.1 Å². The summed E-state index contributed by atoms with van der Waals surface area (Å²) in [6, 6.07) is 17.0. The highest BCUT2D eigenvalue weighted by Crippen LogP contribution is 2.33. The minimum absolute atomic E-state index is 0.190. The van der Waals surface area contributed by atoms with Gasteiger partial charge in [-0.1, -0.05) is 36.4 Å². The molecule has 0 amide bonds. The Morgan fingerprint density at radius 3 is 2.23 bits per heavy atom. The summed E-state index contributed by atoms with van der Waals surface area (Å²) in [5, 5.41) is 0. The zero-order valence-corrected chi connectivity index (χ0v) is 20.0. The van der Waals surface area contributed by atoms with Gasteiger partial charge in [0.15, 0.2) is 0 Å². The van der Waals surface area contributed by atoms with Gasteiger partial charge in [-0.15, -0.1) is 0 Å². The normalized spacial score (nSPS) is 15.8. The molecule has 186 valence electrons. The van der Waals surface area contributed by atoms with Crippen molar-refractivity contribution >= 4 is 15.7 Å². The summed E-state index contributed by atoms with van der Waals surface area (Å²) in [4.78, 5) is 2.21. The van der Waals surface area contributed by atoms with E-state index in [1.807, 2.05) is 4.90 Å². The van der Waals surface area contributed by atoms with Gasteiger partial charge in [-0.05, 0) is 67.3 Å². The lowest BCUT2D eigenvalue weighted by Gasteiger charge is -2.39. The summed E-state index contributed by atoms with van der Waals surface area (Å²) in [5.41, 5.74) is 0.866. The van der Waals surface area contributed by atoms with Gasteiger partial charge < -0.3 is 0 Å². The molecule has 1 saturated heterocycles. The number of rotatable bonds is 6. The number of halogens is 4. The molecule has 3 aromatic rings. The number of likely N-dealkylation sites (tertiary alicyclic amines) is 1. The molecule has 0 saturated carbocycles. The molecule has 0 N–H and O–H groups in total. The smallest absolute Gasteiger partial charge is 0.299 e. The summed E-state index contributed by atoms with van der Waals surface area (Å²) in [5.74, 6) is -0.460. The Bertz CT molecular complexity index is 1270. The van der Waals surface area contributed by atoms with E-state index in [1.165, 1.54) is 34.6 Å². The molecule has 1 aliphatic heterocycles. The highest BCUT2D eigenvalue weighted by Gasteiger charge is 2.35. The number of sulfonamides is 1. The minimum atomic E-state index is -4.40. The van der Waals surface area contributed by atoms with Crippen LogP contribution in [0.3, 0.4) is 0 Å². The first-order chi connectivity index (χ1) is 16.6. The van der Waals surface area contributed by atoms with Crippen molar-refractivity contribution in [3.8, 4) is 0 Å². The van der Waals surface area contributed by atoms with Crippen LogP contribution in [0.25, 0.3) is 0 Å². The topological polar surface area (TPSA) is 40.6 Å². The summed E-state index contributed by atoms with van der Waals surface area (Å²) in [6.07, 6.45) is -3.43. The summed E-state index contributed by atoms with van der Waals surface area (Å²) in [7, 11) is -3.93. The molecule has 3 aromatic carbocycles. The first-order valence-electron chi connectivity index (χ1n) is 11.3. The highest BCUT2D eigenvalue weighted by atomic mass is 32.2. The maximum absolute atomic E-state index is 13.8. The quantitative estimate of drug-likeness (QED) is 0.385. The zero-order valence-electron chi connectivity index (χ0n) is 19.2. The molecule has 0 bridgehead atoms. The summed E-state index contributed by atoms with van der Waals surface area (Å²) < 4.78 is 81.6. The average molecular weight is 507 g/mol. The fourth-order valence-corrected chi connectivity index (χ4v) is 6.44. The molecule has 0 atom stereocenters. The second kappa shape index (κ2) is 9.99. The van der Waals surface area contributed by atoms with Crippen LogP contribution < -0.4 is 4.31 Å². The number of benzene rings is 3. The summed E-state index contributed by atoms with van der Waals surface area (Å²) >= 11 is 0. The molecule has 1 aliphatic rings. The van der Waals surface area contributed by atoms with Crippen molar-refractivity contribution in [1.82, 2.24) is 4.90 Å². The lowest BCUT2D eigenvalue weighted by atomic mass is 10.0. The number of anilines is 1. The van der Waals surface area contributed by atoms with Gasteiger partial charge in [0, 0.05) is 25.7 Å². The van der Waals surface area contributed by atoms with Crippen LogP contribution in [0.4, 0.5) is 23.2 Å². The molecule has 35 heavy (non-hydrogen) atoms. The van der Waals surface area contributed by atoms with Crippen LogP contribution in [0.5, 0.6) is 0 Å². The number of aryl methyl sites for hydroxylation is 1. The van der Waals surface area contributed by atoms with Crippen molar-refractivity contribution in [2.75, 3.05) is 17.4 Å². The van der Waals surface area contributed by atoms with Crippen LogP contribution in [-0.2, 0) is 22.7 Å². The van der Waals surface area contributed by atoms with E-state index in [9.17, 15) is 26.0 Å². The maximum Gasteiger partial charge on any atom is 0.416 e. The third-order valence-electron chi connectivity index (χ3n) is 6.26. The fraction of sp³-hybridized carbons (Fsp3) is 0.308. The molecule has 4 nitrogen and oxygen atoms in total. The zero-order chi connectivity index (χ0) is 25.2. The molecule has 0 spiro atoms. The SMILES string of the molecule is Cc1ccccc1S(=O)(=O)N(c1ccc(F)cc1)C1CCN(Cc2cccc(C(F)(F)F)c2)CC1. The molecular weight excluding hydrogens is 480 g/mol. The van der Waals surface area contributed by atoms with E-state index >= 15 is 0 Å². The van der Waals surface area contributed by atoms with Crippen LogP contribution in [0, 0.1) is 12.7 Å². The van der Waals surface area contributed by atoms with Gasteiger partial charge in [-0.2, -0.15) is 13.2 Å².